The molecule has 0 spiro atoms. The lowest BCUT2D eigenvalue weighted by Gasteiger charge is -2.41. The van der Waals surface area contributed by atoms with Crippen molar-refractivity contribution >= 4 is 11.5 Å². The van der Waals surface area contributed by atoms with E-state index in [0.717, 1.165) is 31.7 Å². The molecule has 2 aromatic carbocycles. The predicted molar refractivity (Wildman–Crippen MR) is 95.0 cm³/mol. The van der Waals surface area contributed by atoms with Crippen LogP contribution >= 0.6 is 0 Å². The van der Waals surface area contributed by atoms with Crippen molar-refractivity contribution < 1.29 is 4.79 Å². The van der Waals surface area contributed by atoms with Gasteiger partial charge >= 0.3 is 0 Å². The van der Waals surface area contributed by atoms with Gasteiger partial charge in [0.2, 0.25) is 0 Å². The fourth-order valence-corrected chi connectivity index (χ4v) is 3.18. The minimum atomic E-state index is 0.126. The number of ketones is 1. The van der Waals surface area contributed by atoms with Crippen molar-refractivity contribution in [2.75, 3.05) is 24.5 Å². The van der Waals surface area contributed by atoms with Crippen molar-refractivity contribution in [2.24, 2.45) is 0 Å². The van der Waals surface area contributed by atoms with Gasteiger partial charge in [0.15, 0.2) is 5.78 Å². The Balaban J connectivity index is 1.61. The number of hydrogen-bond acceptors (Lipinski definition) is 3. The third-order valence-corrected chi connectivity index (χ3v) is 4.63. The van der Waals surface area contributed by atoms with E-state index in [1.807, 2.05) is 12.1 Å². The van der Waals surface area contributed by atoms with Crippen LogP contribution in [0.5, 0.6) is 0 Å². The maximum absolute atomic E-state index is 11.4. The van der Waals surface area contributed by atoms with Gasteiger partial charge in [-0.15, -0.1) is 0 Å². The second kappa shape index (κ2) is 6.97. The lowest BCUT2D eigenvalue weighted by Crippen LogP contribution is -2.51. The Morgan fingerprint density at radius 3 is 2.35 bits per heavy atom. The van der Waals surface area contributed by atoms with Gasteiger partial charge in [0, 0.05) is 43.5 Å². The van der Waals surface area contributed by atoms with Crippen molar-refractivity contribution in [1.82, 2.24) is 4.90 Å². The molecule has 1 aliphatic heterocycles. The molecule has 1 unspecified atom stereocenters. The summed E-state index contributed by atoms with van der Waals surface area (Å²) in [7, 11) is 0. The molecule has 3 rings (SSSR count). The molecule has 0 amide bonds. The Bertz CT molecular complexity index is 651. The fourth-order valence-electron chi connectivity index (χ4n) is 3.18. The van der Waals surface area contributed by atoms with Crippen LogP contribution in [0.4, 0.5) is 5.69 Å². The molecule has 3 heteroatoms. The van der Waals surface area contributed by atoms with Crippen LogP contribution in [-0.4, -0.2) is 36.4 Å². The average Bonchev–Trinajstić information content (AvgIpc) is 2.58. The molecule has 3 nitrogen and oxygen atoms in total. The van der Waals surface area contributed by atoms with E-state index in [9.17, 15) is 4.79 Å². The van der Waals surface area contributed by atoms with E-state index in [0.29, 0.717) is 6.04 Å². The highest BCUT2D eigenvalue weighted by Gasteiger charge is 2.23. The third kappa shape index (κ3) is 3.80. The van der Waals surface area contributed by atoms with Crippen LogP contribution in [0.3, 0.4) is 0 Å². The van der Waals surface area contributed by atoms with E-state index in [1.54, 1.807) is 6.92 Å². The summed E-state index contributed by atoms with van der Waals surface area (Å²) in [6.45, 7) is 8.01. The molecule has 0 saturated carbocycles. The second-order valence-corrected chi connectivity index (χ2v) is 6.35. The van der Waals surface area contributed by atoms with Crippen LogP contribution in [0, 0.1) is 0 Å². The molecule has 1 atom stereocenters. The van der Waals surface area contributed by atoms with E-state index < -0.39 is 0 Å². The van der Waals surface area contributed by atoms with Gasteiger partial charge in [-0.2, -0.15) is 0 Å². The number of hydrogen-bond donors (Lipinski definition) is 0. The summed E-state index contributed by atoms with van der Waals surface area (Å²) >= 11 is 0. The zero-order chi connectivity index (χ0) is 16.2. The first-order valence-electron chi connectivity index (χ1n) is 8.27. The Hall–Kier alpha value is -2.13. The predicted octanol–water partition coefficient (Wildman–Crippen LogP) is 3.60. The topological polar surface area (TPSA) is 23.6 Å². The van der Waals surface area contributed by atoms with Crippen LogP contribution in [0.25, 0.3) is 0 Å². The Morgan fingerprint density at radius 2 is 1.74 bits per heavy atom. The number of nitrogens with zero attached hydrogens (tertiary/aromatic N) is 2. The van der Waals surface area contributed by atoms with Crippen LogP contribution in [0.1, 0.15) is 29.8 Å². The normalized spacial score (nSPS) is 18.9. The number of para-hydroxylation sites is 1. The number of rotatable bonds is 4. The summed E-state index contributed by atoms with van der Waals surface area (Å²) in [6.07, 6.45) is 0. The summed E-state index contributed by atoms with van der Waals surface area (Å²) < 4.78 is 0. The zero-order valence-corrected chi connectivity index (χ0v) is 13.9. The average molecular weight is 308 g/mol. The Morgan fingerprint density at radius 1 is 1.04 bits per heavy atom. The molecule has 0 bridgehead atoms. The minimum Gasteiger partial charge on any atom is -0.369 e. The van der Waals surface area contributed by atoms with Crippen molar-refractivity contribution in [3.63, 3.8) is 0 Å². The molecule has 120 valence electrons. The zero-order valence-electron chi connectivity index (χ0n) is 13.9. The van der Waals surface area contributed by atoms with Gasteiger partial charge in [-0.25, -0.2) is 0 Å². The lowest BCUT2D eigenvalue weighted by atomic mass is 10.1. The second-order valence-electron chi connectivity index (χ2n) is 6.35. The maximum Gasteiger partial charge on any atom is 0.159 e. The van der Waals surface area contributed by atoms with Gasteiger partial charge < -0.3 is 4.90 Å². The maximum atomic E-state index is 11.4. The summed E-state index contributed by atoms with van der Waals surface area (Å²) in [5, 5.41) is 0. The van der Waals surface area contributed by atoms with Crippen molar-refractivity contribution in [1.29, 1.82) is 0 Å². The highest BCUT2D eigenvalue weighted by molar-refractivity contribution is 5.93. The molecule has 0 aromatic heterocycles. The van der Waals surface area contributed by atoms with E-state index in [1.165, 1.54) is 11.3 Å². The quantitative estimate of drug-likeness (QED) is 0.806. The van der Waals surface area contributed by atoms with Crippen molar-refractivity contribution in [3.05, 3.63) is 65.7 Å². The highest BCUT2D eigenvalue weighted by atomic mass is 16.1. The molecule has 1 fully saturated rings. The number of carbonyl (C=O) groups is 1. The van der Waals surface area contributed by atoms with E-state index in [-0.39, 0.29) is 5.78 Å². The van der Waals surface area contributed by atoms with E-state index in [2.05, 4.69) is 59.2 Å². The minimum absolute atomic E-state index is 0.126. The van der Waals surface area contributed by atoms with E-state index in [4.69, 9.17) is 0 Å². The third-order valence-electron chi connectivity index (χ3n) is 4.63. The molecular weight excluding hydrogens is 284 g/mol. The first-order valence-corrected chi connectivity index (χ1v) is 8.27. The van der Waals surface area contributed by atoms with E-state index >= 15 is 0 Å². The monoisotopic (exact) mass is 308 g/mol. The lowest BCUT2D eigenvalue weighted by molar-refractivity contribution is 0.101. The molecular formula is C20H24N2O. The molecule has 2 aromatic rings. The molecule has 0 radical (unpaired) electrons. The van der Waals surface area contributed by atoms with Gasteiger partial charge in [-0.1, -0.05) is 42.5 Å². The standard InChI is InChI=1S/C20H24N2O/c1-16-14-22(20-6-4-3-5-7-20)13-12-21(16)15-18-8-10-19(11-9-18)17(2)23/h3-11,16H,12-15H2,1-2H3. The highest BCUT2D eigenvalue weighted by Crippen LogP contribution is 2.20. The van der Waals surface area contributed by atoms with Crippen molar-refractivity contribution in [3.8, 4) is 0 Å². The number of piperazine rings is 1. The molecule has 1 heterocycles. The van der Waals surface area contributed by atoms with Crippen LogP contribution in [0.15, 0.2) is 54.6 Å². The van der Waals surface area contributed by atoms with Gasteiger partial charge in [0.1, 0.15) is 0 Å². The number of Topliss-reactive ketones (excluding diaryl/α,β-unsaturated/α-hetero) is 1. The van der Waals surface area contributed by atoms with Crippen LogP contribution in [-0.2, 0) is 6.54 Å². The molecule has 23 heavy (non-hydrogen) atoms. The largest absolute Gasteiger partial charge is 0.369 e. The summed E-state index contributed by atoms with van der Waals surface area (Å²) in [6, 6.07) is 19.2. The summed E-state index contributed by atoms with van der Waals surface area (Å²) in [4.78, 5) is 16.3. The van der Waals surface area contributed by atoms with Gasteiger partial charge in [-0.3, -0.25) is 9.69 Å². The number of anilines is 1. The number of benzene rings is 2. The molecule has 0 aliphatic carbocycles. The Labute approximate surface area is 138 Å². The van der Waals surface area contributed by atoms with Crippen LogP contribution in [0.2, 0.25) is 0 Å². The SMILES string of the molecule is CC(=O)c1ccc(CN2CCN(c3ccccc3)CC2C)cc1. The van der Waals surface area contributed by atoms with Gasteiger partial charge in [0.25, 0.3) is 0 Å². The molecule has 1 saturated heterocycles. The Kier molecular flexibility index (Phi) is 4.77. The number of carbonyl (C=O) groups excluding carboxylic acids is 1. The summed E-state index contributed by atoms with van der Waals surface area (Å²) in [5.74, 6) is 0.126. The first kappa shape index (κ1) is 15.8. The van der Waals surface area contributed by atoms with Gasteiger partial charge in [-0.05, 0) is 31.5 Å². The van der Waals surface area contributed by atoms with Gasteiger partial charge in [0.05, 0.1) is 0 Å². The smallest absolute Gasteiger partial charge is 0.159 e. The summed E-state index contributed by atoms with van der Waals surface area (Å²) in [5.41, 5.74) is 3.37. The first-order chi connectivity index (χ1) is 11.1. The van der Waals surface area contributed by atoms with Crippen molar-refractivity contribution in [2.45, 2.75) is 26.4 Å². The fraction of sp³-hybridized carbons (Fsp3) is 0.350. The molecule has 1 aliphatic rings. The molecule has 0 N–H and O–H groups in total. The van der Waals surface area contributed by atoms with Crippen LogP contribution < -0.4 is 4.90 Å².